The summed E-state index contributed by atoms with van der Waals surface area (Å²) in [5, 5.41) is 17.5. The molecule has 0 saturated carbocycles. The summed E-state index contributed by atoms with van der Waals surface area (Å²) in [4.78, 5) is 0. The van der Waals surface area contributed by atoms with E-state index in [1.165, 1.54) is 5.56 Å². The molecule has 94 valence electrons. The predicted molar refractivity (Wildman–Crippen MR) is 73.2 cm³/mol. The van der Waals surface area contributed by atoms with Crippen molar-refractivity contribution in [3.8, 4) is 22.7 Å². The number of aromatic nitrogens is 3. The summed E-state index contributed by atoms with van der Waals surface area (Å²) in [5.74, 6) is 0.239. The lowest BCUT2D eigenvalue weighted by Crippen LogP contribution is -1.93. The first-order valence-electron chi connectivity index (χ1n) is 6.01. The molecule has 19 heavy (non-hydrogen) atoms. The lowest BCUT2D eigenvalue weighted by molar-refractivity contribution is 0.475. The smallest absolute Gasteiger partial charge is 0.115 e. The number of aryl methyl sites for hydroxylation is 1. The first-order chi connectivity index (χ1) is 9.22. The Kier molecular flexibility index (Phi) is 2.76. The van der Waals surface area contributed by atoms with Gasteiger partial charge in [-0.15, -0.1) is 5.10 Å². The highest BCUT2D eigenvalue weighted by Gasteiger charge is 2.05. The van der Waals surface area contributed by atoms with Gasteiger partial charge in [0.05, 0.1) is 11.9 Å². The molecule has 0 aliphatic rings. The molecular weight excluding hydrogens is 238 g/mol. The third-order valence-electron chi connectivity index (χ3n) is 2.95. The zero-order valence-corrected chi connectivity index (χ0v) is 10.5. The molecular formula is C15H13N3O. The second kappa shape index (κ2) is 4.57. The van der Waals surface area contributed by atoms with Crippen molar-refractivity contribution in [2.45, 2.75) is 6.92 Å². The maximum absolute atomic E-state index is 9.27. The third kappa shape index (κ3) is 2.33. The third-order valence-corrected chi connectivity index (χ3v) is 2.95. The Labute approximate surface area is 111 Å². The molecule has 0 radical (unpaired) electrons. The summed E-state index contributed by atoms with van der Waals surface area (Å²) in [6.45, 7) is 2.05. The molecule has 0 aliphatic heterocycles. The minimum Gasteiger partial charge on any atom is -0.508 e. The van der Waals surface area contributed by atoms with Gasteiger partial charge < -0.3 is 5.11 Å². The van der Waals surface area contributed by atoms with Crippen LogP contribution in [-0.2, 0) is 0 Å². The van der Waals surface area contributed by atoms with E-state index in [0.717, 1.165) is 16.9 Å². The summed E-state index contributed by atoms with van der Waals surface area (Å²) in [7, 11) is 0. The van der Waals surface area contributed by atoms with Gasteiger partial charge in [0.1, 0.15) is 11.4 Å². The van der Waals surface area contributed by atoms with E-state index in [4.69, 9.17) is 0 Å². The molecule has 0 saturated heterocycles. The zero-order chi connectivity index (χ0) is 13.2. The second-order valence-electron chi connectivity index (χ2n) is 4.43. The average Bonchev–Trinajstić information content (AvgIpc) is 2.90. The molecule has 0 unspecified atom stereocenters. The molecule has 3 aromatic rings. The lowest BCUT2D eigenvalue weighted by atomic mass is 10.1. The van der Waals surface area contributed by atoms with Crippen LogP contribution in [0.4, 0.5) is 0 Å². The number of phenolic OH excluding ortho intramolecular Hbond substituents is 1. The fraction of sp³-hybridized carbons (Fsp3) is 0.0667. The molecule has 3 rings (SSSR count). The standard InChI is InChI=1S/C15H13N3O/c1-11-2-4-12(5-3-11)15-10-18(17-16-15)13-6-8-14(19)9-7-13/h2-10,19H,1H3. The Morgan fingerprint density at radius 2 is 1.63 bits per heavy atom. The minimum absolute atomic E-state index is 0.239. The highest BCUT2D eigenvalue weighted by atomic mass is 16.3. The number of hydrogen-bond acceptors (Lipinski definition) is 3. The van der Waals surface area contributed by atoms with Crippen LogP contribution in [-0.4, -0.2) is 20.1 Å². The Hall–Kier alpha value is -2.62. The fourth-order valence-electron chi connectivity index (χ4n) is 1.85. The normalized spacial score (nSPS) is 10.6. The summed E-state index contributed by atoms with van der Waals surface area (Å²) in [6, 6.07) is 15.0. The maximum Gasteiger partial charge on any atom is 0.115 e. The minimum atomic E-state index is 0.239. The van der Waals surface area contributed by atoms with Crippen molar-refractivity contribution in [3.05, 3.63) is 60.3 Å². The van der Waals surface area contributed by atoms with Crippen molar-refractivity contribution < 1.29 is 5.11 Å². The number of aromatic hydroxyl groups is 1. The lowest BCUT2D eigenvalue weighted by Gasteiger charge is -1.99. The molecule has 2 aromatic carbocycles. The molecule has 0 bridgehead atoms. The second-order valence-corrected chi connectivity index (χ2v) is 4.43. The molecule has 4 nitrogen and oxygen atoms in total. The van der Waals surface area contributed by atoms with Crippen LogP contribution in [0.1, 0.15) is 5.56 Å². The first kappa shape index (κ1) is 11.5. The van der Waals surface area contributed by atoms with Gasteiger partial charge in [0.2, 0.25) is 0 Å². The molecule has 1 heterocycles. The van der Waals surface area contributed by atoms with Crippen molar-refractivity contribution in [1.82, 2.24) is 15.0 Å². The quantitative estimate of drug-likeness (QED) is 0.761. The summed E-state index contributed by atoms with van der Waals surface area (Å²) in [6.07, 6.45) is 1.87. The molecule has 0 amide bonds. The molecule has 4 heteroatoms. The van der Waals surface area contributed by atoms with Gasteiger partial charge in [-0.1, -0.05) is 35.0 Å². The predicted octanol–water partition coefficient (Wildman–Crippen LogP) is 2.95. The van der Waals surface area contributed by atoms with Crippen LogP contribution in [0.3, 0.4) is 0 Å². The van der Waals surface area contributed by atoms with Crippen LogP contribution in [0.15, 0.2) is 54.7 Å². The van der Waals surface area contributed by atoms with Crippen molar-refractivity contribution in [1.29, 1.82) is 0 Å². The van der Waals surface area contributed by atoms with Crippen LogP contribution < -0.4 is 0 Å². The summed E-state index contributed by atoms with van der Waals surface area (Å²) in [5.41, 5.74) is 3.95. The Balaban J connectivity index is 1.95. The average molecular weight is 251 g/mol. The van der Waals surface area contributed by atoms with E-state index < -0.39 is 0 Å². The van der Waals surface area contributed by atoms with Crippen LogP contribution in [0.5, 0.6) is 5.75 Å². The SMILES string of the molecule is Cc1ccc(-c2cn(-c3ccc(O)cc3)nn2)cc1. The molecule has 0 atom stereocenters. The van der Waals surface area contributed by atoms with Crippen LogP contribution in [0, 0.1) is 6.92 Å². The van der Waals surface area contributed by atoms with Gasteiger partial charge in [0.25, 0.3) is 0 Å². The van der Waals surface area contributed by atoms with Crippen LogP contribution >= 0.6 is 0 Å². The fourth-order valence-corrected chi connectivity index (χ4v) is 1.85. The Morgan fingerprint density at radius 1 is 0.947 bits per heavy atom. The van der Waals surface area contributed by atoms with E-state index in [9.17, 15) is 5.11 Å². The van der Waals surface area contributed by atoms with Crippen LogP contribution in [0.25, 0.3) is 16.9 Å². The van der Waals surface area contributed by atoms with E-state index in [1.54, 1.807) is 28.9 Å². The molecule has 0 spiro atoms. The van der Waals surface area contributed by atoms with Crippen molar-refractivity contribution in [3.63, 3.8) is 0 Å². The Bertz CT molecular complexity index is 624. The topological polar surface area (TPSA) is 50.9 Å². The van der Waals surface area contributed by atoms with Crippen molar-refractivity contribution >= 4 is 0 Å². The van der Waals surface area contributed by atoms with E-state index in [-0.39, 0.29) is 5.75 Å². The highest BCUT2D eigenvalue weighted by molar-refractivity contribution is 5.58. The monoisotopic (exact) mass is 251 g/mol. The van der Waals surface area contributed by atoms with Gasteiger partial charge >= 0.3 is 0 Å². The van der Waals surface area contributed by atoms with E-state index in [1.807, 2.05) is 18.3 Å². The number of benzene rings is 2. The van der Waals surface area contributed by atoms with Gasteiger partial charge in [-0.25, -0.2) is 4.68 Å². The molecule has 1 aromatic heterocycles. The number of phenols is 1. The zero-order valence-electron chi connectivity index (χ0n) is 10.5. The number of rotatable bonds is 2. The van der Waals surface area contributed by atoms with Crippen molar-refractivity contribution in [2.75, 3.05) is 0 Å². The van der Waals surface area contributed by atoms with Crippen LogP contribution in [0.2, 0.25) is 0 Å². The summed E-state index contributed by atoms with van der Waals surface area (Å²) < 4.78 is 1.69. The maximum atomic E-state index is 9.27. The largest absolute Gasteiger partial charge is 0.508 e. The summed E-state index contributed by atoms with van der Waals surface area (Å²) >= 11 is 0. The van der Waals surface area contributed by atoms with Gasteiger partial charge in [-0.3, -0.25) is 0 Å². The van der Waals surface area contributed by atoms with Gasteiger partial charge in [-0.05, 0) is 31.2 Å². The number of hydrogen-bond donors (Lipinski definition) is 1. The van der Waals surface area contributed by atoms with E-state index in [0.29, 0.717) is 0 Å². The van der Waals surface area contributed by atoms with E-state index >= 15 is 0 Å². The highest BCUT2D eigenvalue weighted by Crippen LogP contribution is 2.19. The van der Waals surface area contributed by atoms with E-state index in [2.05, 4.69) is 29.4 Å². The van der Waals surface area contributed by atoms with Gasteiger partial charge in [-0.2, -0.15) is 0 Å². The van der Waals surface area contributed by atoms with Gasteiger partial charge in [0.15, 0.2) is 0 Å². The number of nitrogens with zero attached hydrogens (tertiary/aromatic N) is 3. The first-order valence-corrected chi connectivity index (χ1v) is 6.01. The van der Waals surface area contributed by atoms with Crippen molar-refractivity contribution in [2.24, 2.45) is 0 Å². The molecule has 0 fully saturated rings. The van der Waals surface area contributed by atoms with Gasteiger partial charge in [0, 0.05) is 5.56 Å². The Morgan fingerprint density at radius 3 is 2.32 bits per heavy atom. The molecule has 1 N–H and O–H groups in total. The molecule has 0 aliphatic carbocycles.